The number of thiophene rings is 1. The molecule has 1 aliphatic heterocycles. The lowest BCUT2D eigenvalue weighted by atomic mass is 10.0. The van der Waals surface area contributed by atoms with Gasteiger partial charge >= 0.3 is 5.97 Å². The number of amides is 1. The van der Waals surface area contributed by atoms with Gasteiger partial charge in [-0.3, -0.25) is 4.79 Å². The molecule has 0 radical (unpaired) electrons. The third-order valence-corrected chi connectivity index (χ3v) is 6.79. The molecule has 7 heteroatoms. The first kappa shape index (κ1) is 24.3. The molecule has 1 unspecified atom stereocenters. The third-order valence-electron chi connectivity index (χ3n) is 5.55. The highest BCUT2D eigenvalue weighted by molar-refractivity contribution is 7.15. The number of benzene rings is 1. The van der Waals surface area contributed by atoms with Crippen LogP contribution in [0.5, 0.6) is 5.75 Å². The zero-order chi connectivity index (χ0) is 23.8. The summed E-state index contributed by atoms with van der Waals surface area (Å²) in [4.78, 5) is 28.6. The summed E-state index contributed by atoms with van der Waals surface area (Å²) in [7, 11) is 3.03. The number of rotatable bonds is 9. The van der Waals surface area contributed by atoms with E-state index in [1.165, 1.54) is 18.4 Å². The number of methoxy groups -OCH3 is 2. The number of carbonyl (C=O) groups excluding carboxylic acids is 2. The molecule has 1 amide bonds. The molecule has 0 bridgehead atoms. The van der Waals surface area contributed by atoms with Crippen LogP contribution in [0.3, 0.4) is 0 Å². The molecule has 174 valence electrons. The van der Waals surface area contributed by atoms with Gasteiger partial charge in [0.1, 0.15) is 10.6 Å². The van der Waals surface area contributed by atoms with Crippen LogP contribution in [0.2, 0.25) is 0 Å². The Morgan fingerprint density at radius 2 is 2.03 bits per heavy atom. The highest BCUT2D eigenvalue weighted by atomic mass is 32.1. The van der Waals surface area contributed by atoms with Crippen LogP contribution in [0, 0.1) is 0 Å². The van der Waals surface area contributed by atoms with Gasteiger partial charge < -0.3 is 19.7 Å². The fraction of sp³-hybridized carbons (Fsp3) is 0.308. The summed E-state index contributed by atoms with van der Waals surface area (Å²) in [6.45, 7) is 6.87. The van der Waals surface area contributed by atoms with Crippen molar-refractivity contribution in [3.05, 3.63) is 76.5 Å². The summed E-state index contributed by atoms with van der Waals surface area (Å²) in [6, 6.07) is 9.84. The summed E-state index contributed by atoms with van der Waals surface area (Å²) in [5.74, 6) is 0.422. The second kappa shape index (κ2) is 11.5. The van der Waals surface area contributed by atoms with Gasteiger partial charge in [-0.1, -0.05) is 43.0 Å². The van der Waals surface area contributed by atoms with Gasteiger partial charge in [-0.15, -0.1) is 11.3 Å². The van der Waals surface area contributed by atoms with Crippen LogP contribution in [0.15, 0.2) is 61.2 Å². The van der Waals surface area contributed by atoms with E-state index in [-0.39, 0.29) is 17.9 Å². The van der Waals surface area contributed by atoms with Gasteiger partial charge in [0.05, 0.1) is 19.9 Å². The molecule has 2 heterocycles. The van der Waals surface area contributed by atoms with Gasteiger partial charge in [0.25, 0.3) is 0 Å². The Bertz CT molecular complexity index is 1050. The smallest absolute Gasteiger partial charge is 0.350 e. The normalized spacial score (nSPS) is 16.4. The van der Waals surface area contributed by atoms with Crippen LogP contribution in [0.1, 0.15) is 39.9 Å². The maximum absolute atomic E-state index is 12.7. The van der Waals surface area contributed by atoms with Gasteiger partial charge in [0, 0.05) is 30.4 Å². The van der Waals surface area contributed by atoms with Gasteiger partial charge in [-0.2, -0.15) is 0 Å². The first-order chi connectivity index (χ1) is 16.0. The second-order valence-electron chi connectivity index (χ2n) is 7.76. The molecule has 6 nitrogen and oxygen atoms in total. The number of hydrogen-bond donors (Lipinski definition) is 1. The van der Waals surface area contributed by atoms with Crippen molar-refractivity contribution in [1.82, 2.24) is 5.32 Å². The van der Waals surface area contributed by atoms with E-state index in [0.717, 1.165) is 33.9 Å². The SMILES string of the molecule is C=C/C=C/C=C(\C)c1cc(N(Cc2ccc(OC)cc2)C2CCNC(=O)C2)c(C(=O)OC)s1. The zero-order valence-corrected chi connectivity index (χ0v) is 20.1. The van der Waals surface area contributed by atoms with Crippen LogP contribution in [-0.4, -0.2) is 38.7 Å². The van der Waals surface area contributed by atoms with Gasteiger partial charge in [-0.05, 0) is 42.7 Å². The molecule has 33 heavy (non-hydrogen) atoms. The van der Waals surface area contributed by atoms with E-state index in [2.05, 4.69) is 16.8 Å². The van der Waals surface area contributed by atoms with Crippen LogP contribution in [-0.2, 0) is 16.1 Å². The van der Waals surface area contributed by atoms with Crippen LogP contribution in [0.25, 0.3) is 5.57 Å². The molecule has 0 aliphatic carbocycles. The number of esters is 1. The van der Waals surface area contributed by atoms with E-state index >= 15 is 0 Å². The number of ether oxygens (including phenoxy) is 2. The summed E-state index contributed by atoms with van der Waals surface area (Å²) in [6.07, 6.45) is 8.65. The summed E-state index contributed by atoms with van der Waals surface area (Å²) in [5, 5.41) is 2.90. The Hall–Kier alpha value is -3.32. The number of carbonyl (C=O) groups is 2. The number of allylic oxidation sites excluding steroid dienone is 5. The molecule has 0 spiro atoms. The second-order valence-corrected chi connectivity index (χ2v) is 8.81. The zero-order valence-electron chi connectivity index (χ0n) is 19.3. The lowest BCUT2D eigenvalue weighted by Gasteiger charge is -2.36. The molecule has 1 aromatic heterocycles. The Morgan fingerprint density at radius 1 is 1.27 bits per heavy atom. The lowest BCUT2D eigenvalue weighted by molar-refractivity contribution is -0.122. The van der Waals surface area contributed by atoms with Crippen molar-refractivity contribution in [3.63, 3.8) is 0 Å². The Labute approximate surface area is 199 Å². The predicted octanol–water partition coefficient (Wildman–Crippen LogP) is 4.97. The Morgan fingerprint density at radius 3 is 2.67 bits per heavy atom. The molecule has 3 rings (SSSR count). The predicted molar refractivity (Wildman–Crippen MR) is 134 cm³/mol. The van der Waals surface area contributed by atoms with Crippen molar-refractivity contribution in [1.29, 1.82) is 0 Å². The highest BCUT2D eigenvalue weighted by Crippen LogP contribution is 2.38. The van der Waals surface area contributed by atoms with E-state index in [1.54, 1.807) is 13.2 Å². The van der Waals surface area contributed by atoms with E-state index in [4.69, 9.17) is 9.47 Å². The maximum Gasteiger partial charge on any atom is 0.350 e. The van der Waals surface area contributed by atoms with Crippen molar-refractivity contribution in [3.8, 4) is 5.75 Å². The fourth-order valence-electron chi connectivity index (χ4n) is 3.76. The molecule has 1 fully saturated rings. The third kappa shape index (κ3) is 6.14. The van der Waals surface area contributed by atoms with Crippen LogP contribution in [0.4, 0.5) is 5.69 Å². The number of piperidine rings is 1. The standard InChI is InChI=1S/C26H30N2O4S/c1-5-6-7-8-18(2)23-16-22(25(33-23)26(30)32-4)28(20-13-14-27-24(29)15-20)17-19-9-11-21(31-3)12-10-19/h5-12,16,20H,1,13-15,17H2,2-4H3,(H,27,29)/b7-6+,18-8+. The van der Waals surface area contributed by atoms with Gasteiger partial charge in [0.2, 0.25) is 5.91 Å². The quantitative estimate of drug-likeness (QED) is 0.417. The van der Waals surface area contributed by atoms with Crippen molar-refractivity contribution < 1.29 is 19.1 Å². The van der Waals surface area contributed by atoms with Crippen molar-refractivity contribution in [2.45, 2.75) is 32.4 Å². The van der Waals surface area contributed by atoms with E-state index in [1.807, 2.05) is 55.5 Å². The minimum atomic E-state index is -0.379. The Balaban J connectivity index is 2.05. The molecule has 2 aromatic rings. The van der Waals surface area contributed by atoms with Crippen molar-refractivity contribution >= 4 is 34.5 Å². The molecule has 1 aliphatic rings. The maximum atomic E-state index is 12.7. The Kier molecular flexibility index (Phi) is 8.49. The molecule has 1 N–H and O–H groups in total. The summed E-state index contributed by atoms with van der Waals surface area (Å²) in [5.41, 5.74) is 2.88. The van der Waals surface area contributed by atoms with Crippen LogP contribution >= 0.6 is 11.3 Å². The molecular weight excluding hydrogens is 436 g/mol. The van der Waals surface area contributed by atoms with E-state index in [0.29, 0.717) is 24.4 Å². The van der Waals surface area contributed by atoms with Crippen molar-refractivity contribution in [2.24, 2.45) is 0 Å². The average Bonchev–Trinajstić information content (AvgIpc) is 3.28. The first-order valence-electron chi connectivity index (χ1n) is 10.8. The summed E-state index contributed by atoms with van der Waals surface area (Å²) < 4.78 is 10.4. The minimum Gasteiger partial charge on any atom is -0.497 e. The minimum absolute atomic E-state index is 0.0201. The van der Waals surface area contributed by atoms with Crippen molar-refractivity contribution in [2.75, 3.05) is 25.7 Å². The molecule has 1 atom stereocenters. The fourth-order valence-corrected chi connectivity index (χ4v) is 4.83. The average molecular weight is 467 g/mol. The number of hydrogen-bond acceptors (Lipinski definition) is 6. The number of nitrogens with one attached hydrogen (secondary N) is 1. The highest BCUT2D eigenvalue weighted by Gasteiger charge is 2.30. The molecular formula is C26H30N2O4S. The number of nitrogens with zero attached hydrogens (tertiary/aromatic N) is 1. The monoisotopic (exact) mass is 466 g/mol. The summed E-state index contributed by atoms with van der Waals surface area (Å²) >= 11 is 1.40. The van der Waals surface area contributed by atoms with E-state index in [9.17, 15) is 9.59 Å². The lowest BCUT2D eigenvalue weighted by Crippen LogP contribution is -2.46. The molecule has 0 saturated carbocycles. The topological polar surface area (TPSA) is 67.9 Å². The van der Waals surface area contributed by atoms with E-state index < -0.39 is 0 Å². The molecule has 1 aromatic carbocycles. The van der Waals surface area contributed by atoms with Gasteiger partial charge in [0.15, 0.2) is 0 Å². The first-order valence-corrected chi connectivity index (χ1v) is 11.6. The molecule has 1 saturated heterocycles. The largest absolute Gasteiger partial charge is 0.497 e. The number of anilines is 1. The van der Waals surface area contributed by atoms with Crippen LogP contribution < -0.4 is 15.0 Å². The van der Waals surface area contributed by atoms with Gasteiger partial charge in [-0.25, -0.2) is 4.79 Å².